The molecule has 12 nitrogen and oxygen atoms in total. The molecule has 0 saturated heterocycles. The van der Waals surface area contributed by atoms with Crippen molar-refractivity contribution in [2.75, 3.05) is 0 Å². The molecular weight excluding hydrogens is 1010 g/mol. The molecule has 0 heterocycles. The van der Waals surface area contributed by atoms with E-state index < -0.39 is 0 Å². The second kappa shape index (κ2) is 351. The van der Waals surface area contributed by atoms with Crippen molar-refractivity contribution in [3.05, 3.63) is 0 Å². The van der Waals surface area contributed by atoms with Gasteiger partial charge in [0.05, 0.1) is 0 Å². The Morgan fingerprint density at radius 3 is 0.150 bits per heavy atom. The molecule has 20 heavy (non-hydrogen) atoms. The maximum Gasteiger partial charge on any atom is 3.00 e. The largest absolute Gasteiger partial charge is 3.00 e. The minimum absolute atomic E-state index is 0. The Labute approximate surface area is 278 Å². The van der Waals surface area contributed by atoms with Crippen LogP contribution in [0.15, 0.2) is 0 Å². The molecule has 0 aliphatic carbocycles. The first kappa shape index (κ1) is 395. The Hall–Kier alpha value is 6.68. The van der Waals surface area contributed by atoms with Crippen LogP contribution in [0.2, 0.25) is 0 Å². The minimum atomic E-state index is 0. The summed E-state index contributed by atoms with van der Waals surface area (Å²) in [6, 6.07) is 0. The molecule has 0 amide bonds. The molecule has 0 unspecified atom stereocenters. The molecular formula is Ga5Gd3O12. The predicted octanol–water partition coefficient (Wildman–Crippen LogP) is -3.33. The van der Waals surface area contributed by atoms with Gasteiger partial charge in [0.1, 0.15) is 0 Å². The van der Waals surface area contributed by atoms with Crippen molar-refractivity contribution in [1.82, 2.24) is 0 Å². The van der Waals surface area contributed by atoms with Gasteiger partial charge < -0.3 is 65.7 Å². The van der Waals surface area contributed by atoms with Crippen molar-refractivity contribution in [2.24, 2.45) is 0 Å². The third-order valence-corrected chi connectivity index (χ3v) is 0. The van der Waals surface area contributed by atoms with Crippen LogP contribution in [0.5, 0.6) is 0 Å². The summed E-state index contributed by atoms with van der Waals surface area (Å²) in [5.41, 5.74) is 0. The molecule has 0 aliphatic heterocycles. The summed E-state index contributed by atoms with van der Waals surface area (Å²) in [7, 11) is 0. The normalized spacial score (nSPS) is 0. The van der Waals surface area contributed by atoms with Crippen molar-refractivity contribution in [3.8, 4) is 0 Å². The topological polar surface area (TPSA) is 342 Å². The number of hydrogen-bond donors (Lipinski definition) is 0. The van der Waals surface area contributed by atoms with Gasteiger partial charge in [-0.2, -0.15) is 0 Å². The van der Waals surface area contributed by atoms with E-state index in [4.69, 9.17) is 0 Å². The molecule has 0 aromatic heterocycles. The van der Waals surface area contributed by atoms with E-state index in [2.05, 4.69) is 0 Å². The van der Waals surface area contributed by atoms with Crippen molar-refractivity contribution in [2.45, 2.75) is 0 Å². The zero-order valence-electron chi connectivity index (χ0n) is 8.85. The first-order valence-electron chi connectivity index (χ1n) is 0. The molecule has 20 heteroatoms. The quantitative estimate of drug-likeness (QED) is 0.215. The van der Waals surface area contributed by atoms with Crippen LogP contribution >= 0.6 is 0 Å². The van der Waals surface area contributed by atoms with E-state index in [9.17, 15) is 0 Å². The van der Waals surface area contributed by atoms with E-state index in [0.717, 1.165) is 0 Å². The van der Waals surface area contributed by atoms with Crippen LogP contribution in [-0.2, 0) is 65.7 Å². The Balaban J connectivity index is 0. The van der Waals surface area contributed by atoms with Crippen LogP contribution in [-0.4, -0.2) is 99.0 Å². The third-order valence-electron chi connectivity index (χ3n) is 0. The molecule has 0 rings (SSSR count). The van der Waals surface area contributed by atoms with Gasteiger partial charge in [-0.15, -0.1) is 0 Å². The second-order valence-corrected chi connectivity index (χ2v) is 0. The van der Waals surface area contributed by atoms with E-state index in [-0.39, 0.29) is 284 Å². The second-order valence-electron chi connectivity index (χ2n) is 0. The summed E-state index contributed by atoms with van der Waals surface area (Å²) in [5, 5.41) is 0. The van der Waals surface area contributed by atoms with Crippen LogP contribution in [0.4, 0.5) is 0 Å². The van der Waals surface area contributed by atoms with Crippen LogP contribution in [0, 0.1) is 120 Å². The average molecular weight is 1010 g/mol. The summed E-state index contributed by atoms with van der Waals surface area (Å²) in [5.74, 6) is 0. The van der Waals surface area contributed by atoms with E-state index in [1.54, 1.807) is 0 Å². The zero-order valence-corrected chi connectivity index (χ0v) is 27.8. The van der Waals surface area contributed by atoms with E-state index in [1.807, 2.05) is 0 Å². The molecule has 0 saturated carbocycles. The Morgan fingerprint density at radius 1 is 0.150 bits per heavy atom. The summed E-state index contributed by atoms with van der Waals surface area (Å²) in [6.45, 7) is 0. The fraction of sp³-hybridized carbons (Fsp3) is 0. The standard InChI is InChI=1S/5Ga.3Gd.12O/q8*+3;12*-2. The summed E-state index contributed by atoms with van der Waals surface area (Å²) in [6.07, 6.45) is 0. The maximum absolute atomic E-state index is 0. The average Bonchev–Trinajstić information content (AvgIpc) is 0. The van der Waals surface area contributed by atoms with Crippen molar-refractivity contribution >= 4 is 99.0 Å². The fourth-order valence-corrected chi connectivity index (χ4v) is 0. The summed E-state index contributed by atoms with van der Waals surface area (Å²) < 4.78 is 0. The molecule has 0 aromatic carbocycles. The van der Waals surface area contributed by atoms with Gasteiger partial charge in [-0.25, -0.2) is 0 Å². The van der Waals surface area contributed by atoms with Gasteiger partial charge in [0.15, 0.2) is 0 Å². The van der Waals surface area contributed by atoms with Crippen LogP contribution in [0.25, 0.3) is 0 Å². The van der Waals surface area contributed by atoms with Gasteiger partial charge >= 0.3 is 219 Å². The van der Waals surface area contributed by atoms with Crippen LogP contribution < -0.4 is 0 Å². The fourth-order valence-electron chi connectivity index (χ4n) is 0. The molecule has 3 radical (unpaired) electrons. The molecule has 0 bridgehead atoms. The first-order chi connectivity index (χ1) is 0. The number of hydrogen-bond acceptors (Lipinski definition) is 0. The SMILES string of the molecule is [Ga+3].[Ga+3].[Ga+3].[Ga+3].[Ga+3].[Gd+3].[Gd+3].[Gd+3].[O-2].[O-2].[O-2].[O-2].[O-2].[O-2].[O-2].[O-2].[O-2].[O-2].[O-2].[O-2]. The molecule has 0 atom stereocenters. The van der Waals surface area contributed by atoms with Gasteiger partial charge in [0.2, 0.25) is 0 Å². The van der Waals surface area contributed by atoms with E-state index in [0.29, 0.717) is 0 Å². The van der Waals surface area contributed by atoms with Gasteiger partial charge in [0, 0.05) is 0 Å². The number of rotatable bonds is 0. The predicted molar refractivity (Wildman–Crippen MR) is 37.0 cm³/mol. The Bertz CT molecular complexity index is 27.1. The molecule has 0 aliphatic rings. The third kappa shape index (κ3) is 310. The first-order valence-corrected chi connectivity index (χ1v) is 0. The van der Waals surface area contributed by atoms with Gasteiger partial charge in [-0.3, -0.25) is 0 Å². The molecule has 0 spiro atoms. The van der Waals surface area contributed by atoms with Crippen molar-refractivity contribution in [1.29, 1.82) is 0 Å². The van der Waals surface area contributed by atoms with Crippen LogP contribution in [0.3, 0.4) is 0 Å². The van der Waals surface area contributed by atoms with Gasteiger partial charge in [0.25, 0.3) is 0 Å². The van der Waals surface area contributed by atoms with Crippen LogP contribution in [0.1, 0.15) is 0 Å². The smallest absolute Gasteiger partial charge is 2.00 e. The minimum Gasteiger partial charge on any atom is -2.00 e. The van der Waals surface area contributed by atoms with Crippen molar-refractivity contribution < 1.29 is 186 Å². The molecule has 0 N–H and O–H groups in total. The summed E-state index contributed by atoms with van der Waals surface area (Å²) in [4.78, 5) is 0. The molecule has 0 aromatic rings. The zero-order chi connectivity index (χ0) is 0. The Kier molecular flexibility index (Phi) is 6920. The van der Waals surface area contributed by atoms with Crippen molar-refractivity contribution in [3.63, 3.8) is 0 Å². The van der Waals surface area contributed by atoms with Gasteiger partial charge in [-0.1, -0.05) is 0 Å². The maximum atomic E-state index is 0. The van der Waals surface area contributed by atoms with E-state index in [1.165, 1.54) is 0 Å². The van der Waals surface area contributed by atoms with Gasteiger partial charge in [-0.05, 0) is 0 Å². The molecule has 0 fully saturated rings. The monoisotopic (exact) mass is 1010 g/mol. The molecule has 111 valence electrons. The van der Waals surface area contributed by atoms with E-state index >= 15 is 0 Å². The summed E-state index contributed by atoms with van der Waals surface area (Å²) >= 11 is 0. The Morgan fingerprint density at radius 2 is 0.150 bits per heavy atom.